The molecule has 0 radical (unpaired) electrons. The molecule has 0 aliphatic carbocycles. The van der Waals surface area contributed by atoms with Crippen molar-refractivity contribution in [2.75, 3.05) is 19.5 Å². The molecule has 6 heteroatoms. The predicted molar refractivity (Wildman–Crippen MR) is 112 cm³/mol. The second-order valence-corrected chi connectivity index (χ2v) is 7.50. The number of methoxy groups -OCH3 is 2. The lowest BCUT2D eigenvalue weighted by atomic mass is 10.0. The maximum absolute atomic E-state index is 12.7. The van der Waals surface area contributed by atoms with Crippen LogP contribution in [0.2, 0.25) is 0 Å². The highest BCUT2D eigenvalue weighted by Crippen LogP contribution is 2.40. The van der Waals surface area contributed by atoms with Gasteiger partial charge >= 0.3 is 5.97 Å². The largest absolute Gasteiger partial charge is 0.497 e. The molecule has 0 aliphatic heterocycles. The third-order valence-corrected chi connectivity index (χ3v) is 5.41. The van der Waals surface area contributed by atoms with Gasteiger partial charge in [0.2, 0.25) is 0 Å². The summed E-state index contributed by atoms with van der Waals surface area (Å²) in [5.41, 5.74) is 3.66. The average Bonchev–Trinajstić information content (AvgIpc) is 3.03. The number of ether oxygens (including phenoxy) is 2. The zero-order valence-electron chi connectivity index (χ0n) is 16.2. The van der Waals surface area contributed by atoms with E-state index in [0.29, 0.717) is 21.9 Å². The SMILES string of the molecule is COC(=O)c1c(NC(=O)c2ccc(OC)cc2)sc(C)c1-c1ccc(C)cc1. The highest BCUT2D eigenvalue weighted by atomic mass is 32.1. The quantitative estimate of drug-likeness (QED) is 0.612. The van der Waals surface area contributed by atoms with Gasteiger partial charge in [0.1, 0.15) is 16.3 Å². The summed E-state index contributed by atoms with van der Waals surface area (Å²) in [5, 5.41) is 3.33. The maximum atomic E-state index is 12.7. The molecule has 0 saturated carbocycles. The first-order valence-electron chi connectivity index (χ1n) is 8.68. The molecule has 0 saturated heterocycles. The summed E-state index contributed by atoms with van der Waals surface area (Å²) >= 11 is 1.36. The minimum atomic E-state index is -0.482. The predicted octanol–water partition coefficient (Wildman–Crippen LogP) is 5.08. The summed E-state index contributed by atoms with van der Waals surface area (Å²) < 4.78 is 10.1. The molecule has 0 bridgehead atoms. The molecule has 1 heterocycles. The Morgan fingerprint density at radius 3 is 2.14 bits per heavy atom. The highest BCUT2D eigenvalue weighted by molar-refractivity contribution is 7.17. The van der Waals surface area contributed by atoms with Crippen molar-refractivity contribution in [1.82, 2.24) is 0 Å². The number of carbonyl (C=O) groups is 2. The molecule has 1 N–H and O–H groups in total. The molecule has 5 nitrogen and oxygen atoms in total. The first-order valence-corrected chi connectivity index (χ1v) is 9.50. The van der Waals surface area contributed by atoms with E-state index in [1.807, 2.05) is 38.1 Å². The van der Waals surface area contributed by atoms with E-state index in [-0.39, 0.29) is 5.91 Å². The molecule has 0 atom stereocenters. The molecule has 1 aromatic heterocycles. The lowest BCUT2D eigenvalue weighted by Crippen LogP contribution is -2.14. The fourth-order valence-electron chi connectivity index (χ4n) is 2.92. The van der Waals surface area contributed by atoms with Gasteiger partial charge in [0.15, 0.2) is 0 Å². The molecule has 0 aliphatic rings. The van der Waals surface area contributed by atoms with E-state index in [4.69, 9.17) is 9.47 Å². The summed E-state index contributed by atoms with van der Waals surface area (Å²) in [4.78, 5) is 26.1. The van der Waals surface area contributed by atoms with Crippen molar-refractivity contribution in [1.29, 1.82) is 0 Å². The van der Waals surface area contributed by atoms with Gasteiger partial charge in [-0.05, 0) is 43.7 Å². The van der Waals surface area contributed by atoms with Gasteiger partial charge in [-0.1, -0.05) is 29.8 Å². The Balaban J connectivity index is 2.00. The van der Waals surface area contributed by atoms with E-state index in [1.165, 1.54) is 18.4 Å². The summed E-state index contributed by atoms with van der Waals surface area (Å²) in [6.07, 6.45) is 0. The Labute approximate surface area is 167 Å². The summed E-state index contributed by atoms with van der Waals surface area (Å²) in [7, 11) is 2.90. The zero-order valence-corrected chi connectivity index (χ0v) is 17.0. The molecular weight excluding hydrogens is 374 g/mol. The van der Waals surface area contributed by atoms with Crippen LogP contribution in [0, 0.1) is 13.8 Å². The Hall–Kier alpha value is -3.12. The second-order valence-electron chi connectivity index (χ2n) is 6.28. The topological polar surface area (TPSA) is 64.6 Å². The van der Waals surface area contributed by atoms with Gasteiger partial charge in [-0.2, -0.15) is 0 Å². The Kier molecular flexibility index (Phi) is 5.80. The number of thiophene rings is 1. The van der Waals surface area contributed by atoms with Crippen molar-refractivity contribution >= 4 is 28.2 Å². The van der Waals surface area contributed by atoms with Crippen molar-refractivity contribution in [3.8, 4) is 16.9 Å². The van der Waals surface area contributed by atoms with Gasteiger partial charge in [-0.25, -0.2) is 4.79 Å². The van der Waals surface area contributed by atoms with Crippen LogP contribution in [0.3, 0.4) is 0 Å². The minimum absolute atomic E-state index is 0.301. The van der Waals surface area contributed by atoms with Gasteiger partial charge in [0, 0.05) is 16.0 Å². The summed E-state index contributed by atoms with van der Waals surface area (Å²) in [6.45, 7) is 3.93. The van der Waals surface area contributed by atoms with Crippen LogP contribution in [0.5, 0.6) is 5.75 Å². The van der Waals surface area contributed by atoms with Crippen LogP contribution in [-0.2, 0) is 4.74 Å². The zero-order chi connectivity index (χ0) is 20.3. The van der Waals surface area contributed by atoms with Crippen LogP contribution >= 0.6 is 11.3 Å². The molecule has 2 aromatic carbocycles. The first kappa shape index (κ1) is 19.6. The molecule has 144 valence electrons. The van der Waals surface area contributed by atoms with E-state index < -0.39 is 5.97 Å². The number of esters is 1. The molecular formula is C22H21NO4S. The van der Waals surface area contributed by atoms with Crippen LogP contribution in [0.25, 0.3) is 11.1 Å². The van der Waals surface area contributed by atoms with Crippen LogP contribution in [0.1, 0.15) is 31.2 Å². The fourth-order valence-corrected chi connectivity index (χ4v) is 3.97. The smallest absolute Gasteiger partial charge is 0.341 e. The number of aryl methyl sites for hydroxylation is 2. The number of carbonyl (C=O) groups excluding carboxylic acids is 2. The van der Waals surface area contributed by atoms with Crippen LogP contribution < -0.4 is 10.1 Å². The minimum Gasteiger partial charge on any atom is -0.497 e. The van der Waals surface area contributed by atoms with Gasteiger partial charge in [0.25, 0.3) is 5.91 Å². The maximum Gasteiger partial charge on any atom is 0.341 e. The number of amides is 1. The third-order valence-electron chi connectivity index (χ3n) is 4.39. The van der Waals surface area contributed by atoms with E-state index >= 15 is 0 Å². The second kappa shape index (κ2) is 8.27. The fraction of sp³-hybridized carbons (Fsp3) is 0.182. The first-order chi connectivity index (χ1) is 13.4. The standard InChI is InChI=1S/C22H21NO4S/c1-13-5-7-15(8-6-13)18-14(2)28-21(19(18)22(25)27-4)23-20(24)16-9-11-17(26-3)12-10-16/h5-12H,1-4H3,(H,23,24). The average molecular weight is 395 g/mol. The number of hydrogen-bond donors (Lipinski definition) is 1. The van der Waals surface area contributed by atoms with Crippen LogP contribution in [0.15, 0.2) is 48.5 Å². The Morgan fingerprint density at radius 2 is 1.57 bits per heavy atom. The molecule has 0 unspecified atom stereocenters. The number of nitrogens with one attached hydrogen (secondary N) is 1. The Bertz CT molecular complexity index is 1000. The molecule has 0 fully saturated rings. The lowest BCUT2D eigenvalue weighted by Gasteiger charge is -2.09. The lowest BCUT2D eigenvalue weighted by molar-refractivity contribution is 0.0603. The number of rotatable bonds is 5. The normalized spacial score (nSPS) is 10.4. The number of hydrogen-bond acceptors (Lipinski definition) is 5. The number of anilines is 1. The van der Waals surface area contributed by atoms with Crippen molar-refractivity contribution in [2.24, 2.45) is 0 Å². The summed E-state index contributed by atoms with van der Waals surface area (Å²) in [5.74, 6) is -0.116. The molecule has 0 spiro atoms. The van der Waals surface area contributed by atoms with Gasteiger partial charge in [-0.15, -0.1) is 11.3 Å². The van der Waals surface area contributed by atoms with Gasteiger partial charge in [0.05, 0.1) is 14.2 Å². The van der Waals surface area contributed by atoms with Crippen LogP contribution in [0.4, 0.5) is 5.00 Å². The summed E-state index contributed by atoms with van der Waals surface area (Å²) in [6, 6.07) is 14.7. The molecule has 28 heavy (non-hydrogen) atoms. The number of benzene rings is 2. The highest BCUT2D eigenvalue weighted by Gasteiger charge is 2.25. The van der Waals surface area contributed by atoms with E-state index in [2.05, 4.69) is 5.32 Å². The monoisotopic (exact) mass is 395 g/mol. The van der Waals surface area contributed by atoms with Crippen molar-refractivity contribution in [3.05, 3.63) is 70.1 Å². The molecule has 1 amide bonds. The van der Waals surface area contributed by atoms with E-state index in [1.54, 1.807) is 31.4 Å². The molecule has 3 rings (SSSR count). The van der Waals surface area contributed by atoms with E-state index in [0.717, 1.165) is 21.6 Å². The molecule has 3 aromatic rings. The Morgan fingerprint density at radius 1 is 0.929 bits per heavy atom. The third kappa shape index (κ3) is 3.92. The van der Waals surface area contributed by atoms with Crippen molar-refractivity contribution in [2.45, 2.75) is 13.8 Å². The van der Waals surface area contributed by atoms with E-state index in [9.17, 15) is 9.59 Å². The van der Waals surface area contributed by atoms with Gasteiger partial charge < -0.3 is 14.8 Å². The van der Waals surface area contributed by atoms with Crippen molar-refractivity contribution in [3.63, 3.8) is 0 Å². The van der Waals surface area contributed by atoms with Crippen LogP contribution in [-0.4, -0.2) is 26.1 Å². The van der Waals surface area contributed by atoms with Crippen molar-refractivity contribution < 1.29 is 19.1 Å². The van der Waals surface area contributed by atoms with Gasteiger partial charge in [-0.3, -0.25) is 4.79 Å².